The van der Waals surface area contributed by atoms with Crippen LogP contribution in [0.2, 0.25) is 0 Å². The third-order valence-electron chi connectivity index (χ3n) is 2.21. The Morgan fingerprint density at radius 2 is 2.07 bits per heavy atom. The number of hydrogen-bond donors (Lipinski definition) is 2. The van der Waals surface area contributed by atoms with Crippen LogP contribution in [0, 0.1) is 5.92 Å². The van der Waals surface area contributed by atoms with Crippen molar-refractivity contribution in [2.24, 2.45) is 11.7 Å². The van der Waals surface area contributed by atoms with Crippen molar-refractivity contribution in [1.82, 2.24) is 5.32 Å². The van der Waals surface area contributed by atoms with Gasteiger partial charge in [0, 0.05) is 13.2 Å². The maximum Gasteiger partial charge on any atom is 0.237 e. The van der Waals surface area contributed by atoms with E-state index in [2.05, 4.69) is 12.2 Å². The highest BCUT2D eigenvalue weighted by atomic mass is 16.5. The van der Waals surface area contributed by atoms with E-state index in [4.69, 9.17) is 10.5 Å². The van der Waals surface area contributed by atoms with Gasteiger partial charge in [-0.15, -0.1) is 0 Å². The fraction of sp³-hybridized carbons (Fsp3) is 0.909. The molecule has 90 valence electrons. The quantitative estimate of drug-likeness (QED) is 0.593. The Labute approximate surface area is 92.6 Å². The zero-order valence-electron chi connectivity index (χ0n) is 10.1. The lowest BCUT2D eigenvalue weighted by Gasteiger charge is -2.15. The van der Waals surface area contributed by atoms with Crippen LogP contribution in [-0.2, 0) is 9.53 Å². The van der Waals surface area contributed by atoms with Gasteiger partial charge >= 0.3 is 0 Å². The van der Waals surface area contributed by atoms with Crippen LogP contribution in [0.4, 0.5) is 0 Å². The van der Waals surface area contributed by atoms with Gasteiger partial charge in [0.25, 0.3) is 0 Å². The van der Waals surface area contributed by atoms with Crippen molar-refractivity contribution in [3.8, 4) is 0 Å². The molecule has 15 heavy (non-hydrogen) atoms. The van der Waals surface area contributed by atoms with Crippen molar-refractivity contribution >= 4 is 5.91 Å². The highest BCUT2D eigenvalue weighted by molar-refractivity contribution is 5.81. The summed E-state index contributed by atoms with van der Waals surface area (Å²) in [6, 6.07) is -0.416. The minimum Gasteiger partial charge on any atom is -0.380 e. The van der Waals surface area contributed by atoms with Gasteiger partial charge in [-0.2, -0.15) is 0 Å². The molecule has 0 radical (unpaired) electrons. The lowest BCUT2D eigenvalue weighted by atomic mass is 10.1. The Hall–Kier alpha value is -0.610. The molecular weight excluding hydrogens is 192 g/mol. The molecular formula is C11H24N2O2. The van der Waals surface area contributed by atoms with E-state index in [9.17, 15) is 4.79 Å². The number of rotatable bonds is 8. The number of hydrogen-bond acceptors (Lipinski definition) is 3. The second-order valence-electron chi connectivity index (χ2n) is 4.03. The summed E-state index contributed by atoms with van der Waals surface area (Å²) in [6.45, 7) is 7.86. The molecule has 1 amide bonds. The largest absolute Gasteiger partial charge is 0.380 e. The molecule has 0 bridgehead atoms. The van der Waals surface area contributed by atoms with Gasteiger partial charge in [0.05, 0.1) is 12.6 Å². The average Bonchev–Trinajstić information content (AvgIpc) is 2.21. The van der Waals surface area contributed by atoms with Gasteiger partial charge < -0.3 is 15.8 Å². The molecule has 4 heteroatoms. The highest BCUT2D eigenvalue weighted by Crippen LogP contribution is 1.97. The summed E-state index contributed by atoms with van der Waals surface area (Å²) in [6.07, 6.45) is 2.20. The van der Waals surface area contributed by atoms with Gasteiger partial charge in [0.2, 0.25) is 5.91 Å². The monoisotopic (exact) mass is 216 g/mol. The zero-order valence-corrected chi connectivity index (χ0v) is 10.1. The molecule has 4 nitrogen and oxygen atoms in total. The minimum atomic E-state index is -0.416. The first-order valence-electron chi connectivity index (χ1n) is 5.70. The maximum absolute atomic E-state index is 11.4. The predicted octanol–water partition coefficient (Wildman–Crippen LogP) is 0.903. The van der Waals surface area contributed by atoms with Gasteiger partial charge in [-0.1, -0.05) is 27.2 Å². The lowest BCUT2D eigenvalue weighted by Crippen LogP contribution is -2.44. The first-order valence-corrected chi connectivity index (χ1v) is 5.70. The number of amides is 1. The van der Waals surface area contributed by atoms with Gasteiger partial charge in [0.1, 0.15) is 0 Å². The molecule has 0 aliphatic carbocycles. The standard InChI is InChI=1S/C11H24N2O2/c1-4-5-7-15-8-6-13-11(14)10(12)9(2)3/h9-10H,4-8,12H2,1-3H3,(H,13,14)/t10-/m0/s1. The molecule has 0 saturated heterocycles. The first-order chi connectivity index (χ1) is 7.09. The van der Waals surface area contributed by atoms with E-state index in [1.54, 1.807) is 0 Å². The van der Waals surface area contributed by atoms with E-state index in [-0.39, 0.29) is 11.8 Å². The predicted molar refractivity (Wildman–Crippen MR) is 61.6 cm³/mol. The molecule has 0 spiro atoms. The molecule has 0 saturated carbocycles. The van der Waals surface area contributed by atoms with E-state index in [0.29, 0.717) is 13.2 Å². The Kier molecular flexibility index (Phi) is 8.33. The van der Waals surface area contributed by atoms with E-state index in [1.165, 1.54) is 0 Å². The van der Waals surface area contributed by atoms with Gasteiger partial charge in [0.15, 0.2) is 0 Å². The van der Waals surface area contributed by atoms with Gasteiger partial charge in [-0.3, -0.25) is 4.79 Å². The van der Waals surface area contributed by atoms with E-state index in [1.807, 2.05) is 13.8 Å². The van der Waals surface area contributed by atoms with Crippen LogP contribution in [0.5, 0.6) is 0 Å². The van der Waals surface area contributed by atoms with E-state index < -0.39 is 6.04 Å². The molecule has 0 fully saturated rings. The molecule has 0 aromatic carbocycles. The van der Waals surface area contributed by atoms with Gasteiger partial charge in [-0.05, 0) is 12.3 Å². The van der Waals surface area contributed by atoms with E-state index in [0.717, 1.165) is 19.4 Å². The second kappa shape index (κ2) is 8.68. The molecule has 0 aromatic heterocycles. The Bertz CT molecular complexity index is 172. The van der Waals surface area contributed by atoms with Crippen molar-refractivity contribution in [3.63, 3.8) is 0 Å². The molecule has 1 atom stereocenters. The molecule has 0 unspecified atom stereocenters. The number of nitrogens with one attached hydrogen (secondary N) is 1. The molecule has 0 aliphatic rings. The van der Waals surface area contributed by atoms with Crippen LogP contribution >= 0.6 is 0 Å². The van der Waals surface area contributed by atoms with Gasteiger partial charge in [-0.25, -0.2) is 0 Å². The molecule has 0 heterocycles. The van der Waals surface area contributed by atoms with Crippen molar-refractivity contribution in [2.75, 3.05) is 19.8 Å². The van der Waals surface area contributed by atoms with Crippen LogP contribution in [-0.4, -0.2) is 31.7 Å². The van der Waals surface area contributed by atoms with Crippen LogP contribution < -0.4 is 11.1 Å². The Balaban J connectivity index is 3.39. The van der Waals surface area contributed by atoms with Crippen LogP contribution in [0.25, 0.3) is 0 Å². The van der Waals surface area contributed by atoms with Crippen LogP contribution in [0.15, 0.2) is 0 Å². The minimum absolute atomic E-state index is 0.0934. The SMILES string of the molecule is CCCCOCCNC(=O)[C@@H](N)C(C)C. The van der Waals surface area contributed by atoms with Crippen LogP contribution in [0.3, 0.4) is 0 Å². The molecule has 3 N–H and O–H groups in total. The first kappa shape index (κ1) is 14.4. The molecule has 0 rings (SSSR count). The molecule has 0 aliphatic heterocycles. The highest BCUT2D eigenvalue weighted by Gasteiger charge is 2.15. The number of ether oxygens (including phenoxy) is 1. The summed E-state index contributed by atoms with van der Waals surface area (Å²) in [5, 5.41) is 2.75. The topological polar surface area (TPSA) is 64.3 Å². The number of carbonyl (C=O) groups excluding carboxylic acids is 1. The van der Waals surface area contributed by atoms with Crippen molar-refractivity contribution in [2.45, 2.75) is 39.7 Å². The summed E-state index contributed by atoms with van der Waals surface area (Å²) >= 11 is 0. The number of carbonyl (C=O) groups is 1. The summed E-state index contributed by atoms with van der Waals surface area (Å²) < 4.78 is 5.31. The lowest BCUT2D eigenvalue weighted by molar-refractivity contribution is -0.123. The van der Waals surface area contributed by atoms with Crippen molar-refractivity contribution < 1.29 is 9.53 Å². The summed E-state index contributed by atoms with van der Waals surface area (Å²) in [5.74, 6) is 0.0788. The maximum atomic E-state index is 11.4. The third kappa shape index (κ3) is 7.33. The third-order valence-corrected chi connectivity index (χ3v) is 2.21. The summed E-state index contributed by atoms with van der Waals surface area (Å²) in [4.78, 5) is 11.4. The summed E-state index contributed by atoms with van der Waals surface area (Å²) in [7, 11) is 0. The normalized spacial score (nSPS) is 12.9. The molecule has 0 aromatic rings. The fourth-order valence-electron chi connectivity index (χ4n) is 1.02. The zero-order chi connectivity index (χ0) is 11.7. The van der Waals surface area contributed by atoms with Crippen molar-refractivity contribution in [1.29, 1.82) is 0 Å². The average molecular weight is 216 g/mol. The Morgan fingerprint density at radius 1 is 1.40 bits per heavy atom. The second-order valence-corrected chi connectivity index (χ2v) is 4.03. The fourth-order valence-corrected chi connectivity index (χ4v) is 1.02. The van der Waals surface area contributed by atoms with Crippen LogP contribution in [0.1, 0.15) is 33.6 Å². The van der Waals surface area contributed by atoms with E-state index >= 15 is 0 Å². The Morgan fingerprint density at radius 3 is 2.60 bits per heavy atom. The number of unbranched alkanes of at least 4 members (excludes halogenated alkanes) is 1. The van der Waals surface area contributed by atoms with Crippen molar-refractivity contribution in [3.05, 3.63) is 0 Å². The smallest absolute Gasteiger partial charge is 0.237 e. The summed E-state index contributed by atoms with van der Waals surface area (Å²) in [5.41, 5.74) is 5.67. The number of nitrogens with two attached hydrogens (primary N) is 1.